The molecule has 0 aromatic carbocycles. The molecule has 30 heavy (non-hydrogen) atoms. The fourth-order valence-electron chi connectivity index (χ4n) is 3.07. The summed E-state index contributed by atoms with van der Waals surface area (Å²) in [6, 6.07) is 0. The van der Waals surface area contributed by atoms with Gasteiger partial charge in [0.25, 0.3) is 0 Å². The van der Waals surface area contributed by atoms with Crippen molar-refractivity contribution >= 4 is 12.6 Å². The predicted octanol–water partition coefficient (Wildman–Crippen LogP) is 9.54. The Bertz CT molecular complexity index is 428. The largest absolute Gasteiger partial charge is 0.389 e. The Morgan fingerprint density at radius 1 is 1.13 bits per heavy atom. The van der Waals surface area contributed by atoms with E-state index in [1.54, 1.807) is 0 Å². The van der Waals surface area contributed by atoms with E-state index < -0.39 is 0 Å². The van der Waals surface area contributed by atoms with Crippen molar-refractivity contribution in [1.29, 1.82) is 0 Å². The van der Waals surface area contributed by atoms with Crippen molar-refractivity contribution in [1.82, 2.24) is 5.32 Å². The van der Waals surface area contributed by atoms with E-state index in [9.17, 15) is 0 Å². The smallest absolute Gasteiger partial charge is 0.0149 e. The van der Waals surface area contributed by atoms with Gasteiger partial charge in [-0.05, 0) is 44.1 Å². The van der Waals surface area contributed by atoms with Crippen molar-refractivity contribution in [3.05, 3.63) is 48.2 Å². The molecule has 0 radical (unpaired) electrons. The van der Waals surface area contributed by atoms with Crippen molar-refractivity contribution in [3.8, 4) is 0 Å². The monoisotopic (exact) mass is 437 g/mol. The van der Waals surface area contributed by atoms with E-state index in [0.717, 1.165) is 31.1 Å². The van der Waals surface area contributed by atoms with Gasteiger partial charge in [-0.1, -0.05) is 117 Å². The number of allylic oxidation sites excluding steroid dienone is 6. The topological polar surface area (TPSA) is 12.0 Å². The number of hydrogen-bond donors (Lipinski definition) is 2. The van der Waals surface area contributed by atoms with E-state index in [-0.39, 0.29) is 0 Å². The van der Waals surface area contributed by atoms with Crippen LogP contribution in [0.5, 0.6) is 0 Å². The lowest BCUT2D eigenvalue weighted by molar-refractivity contribution is 0.385. The Morgan fingerprint density at radius 3 is 2.07 bits per heavy atom. The Morgan fingerprint density at radius 2 is 1.70 bits per heavy atom. The van der Waals surface area contributed by atoms with Crippen LogP contribution >= 0.6 is 12.6 Å². The van der Waals surface area contributed by atoms with Crippen LogP contribution in [-0.4, -0.2) is 12.3 Å². The van der Waals surface area contributed by atoms with E-state index >= 15 is 0 Å². The average Bonchev–Trinajstić information content (AvgIpc) is 2.77. The summed E-state index contributed by atoms with van der Waals surface area (Å²) in [7, 11) is 0. The molecule has 178 valence electrons. The summed E-state index contributed by atoms with van der Waals surface area (Å²) < 4.78 is 0. The van der Waals surface area contributed by atoms with Gasteiger partial charge in [0, 0.05) is 18.0 Å². The lowest BCUT2D eigenvalue weighted by Gasteiger charge is -2.17. The molecule has 1 saturated carbocycles. The molecular weight excluding hydrogens is 382 g/mol. The van der Waals surface area contributed by atoms with Crippen LogP contribution in [0.15, 0.2) is 48.2 Å². The summed E-state index contributed by atoms with van der Waals surface area (Å²) in [5, 5.41) is 3.41. The molecule has 0 aromatic rings. The van der Waals surface area contributed by atoms with Crippen LogP contribution in [0.4, 0.5) is 0 Å². The maximum absolute atomic E-state index is 4.16. The highest BCUT2D eigenvalue weighted by Crippen LogP contribution is 2.22. The van der Waals surface area contributed by atoms with Crippen LogP contribution in [0, 0.1) is 11.8 Å². The van der Waals surface area contributed by atoms with Crippen molar-refractivity contribution in [2.45, 2.75) is 107 Å². The van der Waals surface area contributed by atoms with Crippen LogP contribution < -0.4 is 5.32 Å². The summed E-state index contributed by atoms with van der Waals surface area (Å²) in [6.45, 7) is 21.9. The third-order valence-corrected chi connectivity index (χ3v) is 5.16. The highest BCUT2D eigenvalue weighted by molar-refractivity contribution is 7.80. The van der Waals surface area contributed by atoms with Gasteiger partial charge < -0.3 is 5.32 Å². The zero-order valence-electron chi connectivity index (χ0n) is 21.8. The summed E-state index contributed by atoms with van der Waals surface area (Å²) in [6.07, 6.45) is 21.3. The van der Waals surface area contributed by atoms with E-state index in [0.29, 0.717) is 5.92 Å². The maximum atomic E-state index is 4.16. The zero-order valence-corrected chi connectivity index (χ0v) is 22.7. The lowest BCUT2D eigenvalue weighted by atomic mass is 9.91. The number of hydrogen-bond acceptors (Lipinski definition) is 2. The van der Waals surface area contributed by atoms with Crippen molar-refractivity contribution in [2.75, 3.05) is 12.3 Å². The first kappa shape index (κ1) is 33.7. The fourth-order valence-corrected chi connectivity index (χ4v) is 3.19. The normalized spacial score (nSPS) is 15.6. The van der Waals surface area contributed by atoms with Crippen LogP contribution in [-0.2, 0) is 0 Å². The Balaban J connectivity index is -0.000000494. The number of thiol groups is 1. The van der Waals surface area contributed by atoms with Gasteiger partial charge in [-0.2, -0.15) is 12.6 Å². The molecule has 1 N–H and O–H groups in total. The molecule has 0 spiro atoms. The molecule has 0 amide bonds. The van der Waals surface area contributed by atoms with Gasteiger partial charge in [0.15, 0.2) is 0 Å². The average molecular weight is 438 g/mol. The quantitative estimate of drug-likeness (QED) is 0.270. The Labute approximate surface area is 197 Å². The highest BCUT2D eigenvalue weighted by atomic mass is 32.1. The molecule has 1 rings (SSSR count). The van der Waals surface area contributed by atoms with E-state index in [4.69, 9.17) is 0 Å². The molecule has 2 heteroatoms. The predicted molar refractivity (Wildman–Crippen MR) is 147 cm³/mol. The van der Waals surface area contributed by atoms with Gasteiger partial charge in [-0.3, -0.25) is 0 Å². The first-order valence-electron chi connectivity index (χ1n) is 12.5. The second-order valence-corrected chi connectivity index (χ2v) is 8.09. The SMILES string of the molecule is C=C/C(=C\C=C/CS)C(CC)CCN/C(C)=C/C.CC.CC1CCCCC1.CCC. The number of nitrogens with one attached hydrogen (secondary N) is 1. The molecule has 1 aliphatic carbocycles. The molecule has 0 aromatic heterocycles. The third kappa shape index (κ3) is 23.4. The zero-order chi connectivity index (χ0) is 23.6. The summed E-state index contributed by atoms with van der Waals surface area (Å²) in [5.41, 5.74) is 2.56. The summed E-state index contributed by atoms with van der Waals surface area (Å²) in [4.78, 5) is 0. The van der Waals surface area contributed by atoms with E-state index in [1.807, 2.05) is 26.0 Å². The van der Waals surface area contributed by atoms with Crippen LogP contribution in [0.1, 0.15) is 107 Å². The molecule has 1 atom stereocenters. The van der Waals surface area contributed by atoms with Gasteiger partial charge in [0.05, 0.1) is 0 Å². The molecule has 0 bridgehead atoms. The third-order valence-electron chi connectivity index (χ3n) is 4.95. The van der Waals surface area contributed by atoms with Gasteiger partial charge in [-0.15, -0.1) is 0 Å². The van der Waals surface area contributed by atoms with Crippen LogP contribution in [0.3, 0.4) is 0 Å². The minimum absolute atomic E-state index is 0.573. The first-order valence-corrected chi connectivity index (χ1v) is 13.1. The summed E-state index contributed by atoms with van der Waals surface area (Å²) in [5.74, 6) is 2.39. The minimum Gasteiger partial charge on any atom is -0.389 e. The highest BCUT2D eigenvalue weighted by Gasteiger charge is 2.08. The van der Waals surface area contributed by atoms with Crippen molar-refractivity contribution in [3.63, 3.8) is 0 Å². The lowest BCUT2D eigenvalue weighted by Crippen LogP contribution is -2.16. The Kier molecular flexibility index (Phi) is 31.6. The summed E-state index contributed by atoms with van der Waals surface area (Å²) >= 11 is 4.16. The van der Waals surface area contributed by atoms with Crippen molar-refractivity contribution in [2.24, 2.45) is 11.8 Å². The molecule has 1 aliphatic rings. The van der Waals surface area contributed by atoms with Gasteiger partial charge in [0.1, 0.15) is 0 Å². The van der Waals surface area contributed by atoms with Gasteiger partial charge in [-0.25, -0.2) is 0 Å². The molecule has 0 saturated heterocycles. The molecule has 0 aliphatic heterocycles. The molecule has 1 unspecified atom stereocenters. The van der Waals surface area contributed by atoms with Crippen LogP contribution in [0.2, 0.25) is 0 Å². The minimum atomic E-state index is 0.573. The van der Waals surface area contributed by atoms with E-state index in [2.05, 4.69) is 84.3 Å². The second kappa shape index (κ2) is 28.1. The second-order valence-electron chi connectivity index (χ2n) is 7.72. The van der Waals surface area contributed by atoms with E-state index in [1.165, 1.54) is 49.8 Å². The number of rotatable bonds is 9. The molecular formula is C28H55NS. The first-order chi connectivity index (χ1) is 14.5. The molecule has 1 nitrogen and oxygen atoms in total. The molecule has 1 fully saturated rings. The Hall–Kier alpha value is -0.890. The standard InChI is InChI=1S/C16H27NS.C7H14.C3H8.C2H6/c1-5-14(4)17-12-11-16(7-3)15(6-2)10-8-9-13-18;1-7-5-3-2-4-6-7;1-3-2;1-2/h5-6,8-10,16-18H,2,7,11-13H2,1,3-4H3;7H,2-6H2,1H3;3H2,1-2H3;1-2H3/b9-8-,14-5+,15-10+;;;. The van der Waals surface area contributed by atoms with Gasteiger partial charge >= 0.3 is 0 Å². The van der Waals surface area contributed by atoms with Crippen LogP contribution in [0.25, 0.3) is 0 Å². The molecule has 0 heterocycles. The maximum Gasteiger partial charge on any atom is 0.0149 e. The van der Waals surface area contributed by atoms with Crippen molar-refractivity contribution < 1.29 is 0 Å². The van der Waals surface area contributed by atoms with Gasteiger partial charge in [0.2, 0.25) is 0 Å². The fraction of sp³-hybridized carbons (Fsp3) is 0.714.